The second-order valence-corrected chi connectivity index (χ2v) is 6.82. The first-order valence-electron chi connectivity index (χ1n) is 8.87. The molecule has 0 amide bonds. The number of aliphatic imine (C=N–C) groups is 1. The van der Waals surface area contributed by atoms with E-state index in [1.54, 1.807) is 12.1 Å². The summed E-state index contributed by atoms with van der Waals surface area (Å²) >= 11 is 0. The summed E-state index contributed by atoms with van der Waals surface area (Å²) in [5, 5.41) is 11.4. The van der Waals surface area contributed by atoms with Gasteiger partial charge in [0.05, 0.1) is 13.0 Å². The van der Waals surface area contributed by atoms with Gasteiger partial charge in [0.15, 0.2) is 5.54 Å². The number of ether oxygens (including phenoxy) is 1. The Balaban J connectivity index is 2.10. The van der Waals surface area contributed by atoms with E-state index < -0.39 is 17.4 Å². The van der Waals surface area contributed by atoms with Gasteiger partial charge in [-0.1, -0.05) is 60.2 Å². The minimum atomic E-state index is -1.29. The molecule has 1 heterocycles. The highest BCUT2D eigenvalue weighted by Gasteiger charge is 2.52. The van der Waals surface area contributed by atoms with Crippen molar-refractivity contribution in [2.45, 2.75) is 31.2 Å². The third kappa shape index (κ3) is 3.74. The van der Waals surface area contributed by atoms with Gasteiger partial charge in [-0.25, -0.2) is 4.79 Å². The number of carbonyl (C=O) groups is 1. The average Bonchev–Trinajstić information content (AvgIpc) is 3.13. The zero-order chi connectivity index (χ0) is 19.4. The average molecular weight is 366 g/mol. The molecule has 0 aromatic heterocycles. The molecule has 0 radical (unpaired) electrons. The van der Waals surface area contributed by atoms with Crippen molar-refractivity contribution in [2.24, 2.45) is 4.99 Å². The molecule has 27 heavy (non-hydrogen) atoms. The number of esters is 1. The molecule has 0 fully saturated rings. The number of hydrogen-bond donors (Lipinski definition) is 0. The highest BCUT2D eigenvalue weighted by Crippen LogP contribution is 2.42. The fourth-order valence-corrected chi connectivity index (χ4v) is 3.70. The van der Waals surface area contributed by atoms with E-state index in [1.807, 2.05) is 49.4 Å². The molecule has 140 valence electrons. The highest BCUT2D eigenvalue weighted by atomic mass is 16.6. The third-order valence-electron chi connectivity index (χ3n) is 5.11. The zero-order valence-corrected chi connectivity index (χ0v) is 15.4. The second-order valence-electron chi connectivity index (χ2n) is 6.82. The van der Waals surface area contributed by atoms with E-state index in [9.17, 15) is 14.9 Å². The summed E-state index contributed by atoms with van der Waals surface area (Å²) in [4.78, 5) is 28.6. The Bertz CT molecular complexity index is 862. The number of methoxy groups -OCH3 is 1. The number of hydrogen-bond acceptors (Lipinski definition) is 5. The van der Waals surface area contributed by atoms with Crippen LogP contribution in [0.1, 0.15) is 35.4 Å². The predicted octanol–water partition coefficient (Wildman–Crippen LogP) is 3.55. The Labute approximate surface area is 158 Å². The molecule has 1 aliphatic rings. The van der Waals surface area contributed by atoms with E-state index >= 15 is 0 Å². The van der Waals surface area contributed by atoms with Crippen molar-refractivity contribution in [3.05, 3.63) is 81.4 Å². The predicted molar refractivity (Wildman–Crippen MR) is 103 cm³/mol. The van der Waals surface area contributed by atoms with Crippen LogP contribution in [-0.4, -0.2) is 35.8 Å². The van der Waals surface area contributed by atoms with E-state index in [0.29, 0.717) is 18.4 Å². The summed E-state index contributed by atoms with van der Waals surface area (Å²) < 4.78 is 5.06. The first kappa shape index (κ1) is 18.8. The van der Waals surface area contributed by atoms with Crippen molar-refractivity contribution in [1.29, 1.82) is 0 Å². The van der Waals surface area contributed by atoms with Crippen LogP contribution in [-0.2, 0) is 9.53 Å². The van der Waals surface area contributed by atoms with Gasteiger partial charge >= 0.3 is 5.97 Å². The van der Waals surface area contributed by atoms with Gasteiger partial charge in [0.25, 0.3) is 0 Å². The van der Waals surface area contributed by atoms with E-state index in [-0.39, 0.29) is 11.5 Å². The Hall–Kier alpha value is -3.02. The van der Waals surface area contributed by atoms with Crippen LogP contribution in [0.25, 0.3) is 0 Å². The summed E-state index contributed by atoms with van der Waals surface area (Å²) in [6, 6.07) is 17.0. The Morgan fingerprint density at radius 3 is 2.48 bits per heavy atom. The number of aryl methyl sites for hydroxylation is 1. The van der Waals surface area contributed by atoms with Gasteiger partial charge < -0.3 is 4.74 Å². The Morgan fingerprint density at radius 1 is 1.22 bits per heavy atom. The van der Waals surface area contributed by atoms with E-state index in [2.05, 4.69) is 0 Å². The summed E-state index contributed by atoms with van der Waals surface area (Å²) in [7, 11) is 1.30. The SMILES string of the molecule is COC(=O)[C@@]1([C@H](C[N+](=O)[O-])c2ccccc2)CCC(c2ccc(C)cc2)=N1. The Morgan fingerprint density at radius 2 is 1.89 bits per heavy atom. The van der Waals surface area contributed by atoms with Gasteiger partial charge in [-0.3, -0.25) is 15.1 Å². The van der Waals surface area contributed by atoms with Crippen LogP contribution in [0.2, 0.25) is 0 Å². The molecule has 2 aromatic carbocycles. The molecular weight excluding hydrogens is 344 g/mol. The smallest absolute Gasteiger partial charge is 0.334 e. The zero-order valence-electron chi connectivity index (χ0n) is 15.4. The van der Waals surface area contributed by atoms with Crippen LogP contribution < -0.4 is 0 Å². The number of benzene rings is 2. The number of rotatable bonds is 6. The van der Waals surface area contributed by atoms with Crippen molar-refractivity contribution in [3.8, 4) is 0 Å². The van der Waals surface area contributed by atoms with E-state index in [4.69, 9.17) is 9.73 Å². The molecule has 0 saturated carbocycles. The molecule has 0 saturated heterocycles. The maximum Gasteiger partial charge on any atom is 0.334 e. The largest absolute Gasteiger partial charge is 0.467 e. The molecule has 2 aromatic rings. The lowest BCUT2D eigenvalue weighted by Crippen LogP contribution is -2.44. The summed E-state index contributed by atoms with van der Waals surface area (Å²) in [6.45, 7) is 1.62. The van der Waals surface area contributed by atoms with Crippen LogP contribution in [0.5, 0.6) is 0 Å². The molecule has 3 rings (SSSR count). The van der Waals surface area contributed by atoms with Gasteiger partial charge in [-0.2, -0.15) is 0 Å². The number of nitro groups is 1. The van der Waals surface area contributed by atoms with Crippen LogP contribution in [0.15, 0.2) is 59.6 Å². The van der Waals surface area contributed by atoms with Crippen LogP contribution in [0.4, 0.5) is 0 Å². The second kappa shape index (κ2) is 7.70. The first-order valence-corrected chi connectivity index (χ1v) is 8.87. The lowest BCUT2D eigenvalue weighted by molar-refractivity contribution is -0.484. The molecule has 1 aliphatic heterocycles. The van der Waals surface area contributed by atoms with Gasteiger partial charge in [0.2, 0.25) is 6.54 Å². The maximum atomic E-state index is 12.8. The lowest BCUT2D eigenvalue weighted by Gasteiger charge is -2.30. The van der Waals surface area contributed by atoms with Gasteiger partial charge in [-0.05, 0) is 30.9 Å². The first-order chi connectivity index (χ1) is 13.0. The molecule has 6 nitrogen and oxygen atoms in total. The van der Waals surface area contributed by atoms with Crippen LogP contribution in [0, 0.1) is 17.0 Å². The number of carbonyl (C=O) groups excluding carboxylic acids is 1. The molecule has 2 atom stereocenters. The van der Waals surface area contributed by atoms with Crippen LogP contribution in [0.3, 0.4) is 0 Å². The highest BCUT2D eigenvalue weighted by molar-refractivity contribution is 6.05. The minimum Gasteiger partial charge on any atom is -0.467 e. The fourth-order valence-electron chi connectivity index (χ4n) is 3.70. The topological polar surface area (TPSA) is 81.8 Å². The van der Waals surface area contributed by atoms with Gasteiger partial charge in [0, 0.05) is 10.6 Å². The monoisotopic (exact) mass is 366 g/mol. The molecule has 6 heteroatoms. The fraction of sp³-hybridized carbons (Fsp3) is 0.333. The standard InChI is InChI=1S/C21H22N2O4/c1-15-8-10-17(11-9-15)19-12-13-21(22-19,20(24)27-2)18(14-23(25)26)16-6-4-3-5-7-16/h3-11,18H,12-14H2,1-2H3/t18-,21+/m1/s1. The molecule has 0 spiro atoms. The molecule has 0 N–H and O–H groups in total. The molecule has 0 unspecified atom stereocenters. The number of nitrogens with zero attached hydrogens (tertiary/aromatic N) is 2. The normalized spacial score (nSPS) is 20.0. The van der Waals surface area contributed by atoms with Crippen molar-refractivity contribution in [1.82, 2.24) is 0 Å². The summed E-state index contributed by atoms with van der Waals surface area (Å²) in [5.41, 5.74) is 2.27. The van der Waals surface area contributed by atoms with E-state index in [1.165, 1.54) is 7.11 Å². The van der Waals surface area contributed by atoms with Gasteiger partial charge in [0.1, 0.15) is 0 Å². The van der Waals surface area contributed by atoms with Crippen molar-refractivity contribution in [2.75, 3.05) is 13.7 Å². The summed E-state index contributed by atoms with van der Waals surface area (Å²) in [5.74, 6) is -1.22. The van der Waals surface area contributed by atoms with E-state index in [0.717, 1.165) is 16.8 Å². The van der Waals surface area contributed by atoms with Crippen molar-refractivity contribution < 1.29 is 14.5 Å². The Kier molecular flexibility index (Phi) is 5.35. The molecule has 0 aliphatic carbocycles. The van der Waals surface area contributed by atoms with Crippen molar-refractivity contribution >= 4 is 11.7 Å². The van der Waals surface area contributed by atoms with Crippen LogP contribution >= 0.6 is 0 Å². The maximum absolute atomic E-state index is 12.8. The minimum absolute atomic E-state index is 0.385. The van der Waals surface area contributed by atoms with Crippen molar-refractivity contribution in [3.63, 3.8) is 0 Å². The molecule has 0 bridgehead atoms. The summed E-state index contributed by atoms with van der Waals surface area (Å²) in [6.07, 6.45) is 0.954. The van der Waals surface area contributed by atoms with Gasteiger partial charge in [-0.15, -0.1) is 0 Å². The third-order valence-corrected chi connectivity index (χ3v) is 5.11. The molecular formula is C21H22N2O4. The quantitative estimate of drug-likeness (QED) is 0.445. The lowest BCUT2D eigenvalue weighted by atomic mass is 9.77.